The number of ether oxygens (including phenoxy) is 1. The Bertz CT molecular complexity index is 397. The van der Waals surface area contributed by atoms with Gasteiger partial charge in [0.05, 0.1) is 7.11 Å². The average molecular weight is 245 g/mol. The molecule has 3 rings (SSSR count). The second-order valence-corrected chi connectivity index (χ2v) is 5.87. The molecule has 0 bridgehead atoms. The minimum Gasteiger partial charge on any atom is -0.497 e. The summed E-state index contributed by atoms with van der Waals surface area (Å²) in [5, 5.41) is 3.85. The Morgan fingerprint density at radius 2 is 1.83 bits per heavy atom. The van der Waals surface area contributed by atoms with Gasteiger partial charge in [-0.25, -0.2) is 0 Å². The van der Waals surface area contributed by atoms with Gasteiger partial charge in [-0.1, -0.05) is 12.1 Å². The lowest BCUT2D eigenvalue weighted by Gasteiger charge is -2.23. The van der Waals surface area contributed by atoms with E-state index in [1.54, 1.807) is 7.11 Å². The molecule has 0 aromatic heterocycles. The van der Waals surface area contributed by atoms with Crippen LogP contribution in [-0.4, -0.2) is 13.2 Å². The second-order valence-electron chi connectivity index (χ2n) is 5.87. The highest BCUT2D eigenvalue weighted by Gasteiger charge is 2.41. The number of methoxy groups -OCH3 is 1. The Morgan fingerprint density at radius 1 is 1.17 bits per heavy atom. The molecule has 1 aromatic carbocycles. The van der Waals surface area contributed by atoms with Gasteiger partial charge in [-0.3, -0.25) is 0 Å². The fraction of sp³-hybridized carbons (Fsp3) is 0.625. The molecule has 2 aliphatic carbocycles. The van der Waals surface area contributed by atoms with E-state index < -0.39 is 0 Å². The number of rotatable bonds is 6. The first-order chi connectivity index (χ1) is 8.78. The molecule has 1 atom stereocenters. The van der Waals surface area contributed by atoms with E-state index in [-0.39, 0.29) is 0 Å². The Labute approximate surface area is 110 Å². The summed E-state index contributed by atoms with van der Waals surface area (Å²) in [4.78, 5) is 0. The molecule has 0 heterocycles. The molecule has 1 aromatic rings. The van der Waals surface area contributed by atoms with Crippen molar-refractivity contribution < 1.29 is 4.74 Å². The molecule has 0 amide bonds. The number of benzene rings is 1. The quantitative estimate of drug-likeness (QED) is 0.827. The number of nitrogens with one attached hydrogen (secondary N) is 1. The van der Waals surface area contributed by atoms with Crippen LogP contribution in [0, 0.1) is 11.8 Å². The first kappa shape index (κ1) is 12.0. The van der Waals surface area contributed by atoms with Crippen LogP contribution in [0.5, 0.6) is 5.75 Å². The van der Waals surface area contributed by atoms with Crippen molar-refractivity contribution in [3.63, 3.8) is 0 Å². The Balaban J connectivity index is 1.66. The number of hydrogen-bond acceptors (Lipinski definition) is 2. The van der Waals surface area contributed by atoms with Gasteiger partial charge in [0.1, 0.15) is 5.75 Å². The third-order valence-electron chi connectivity index (χ3n) is 4.30. The van der Waals surface area contributed by atoms with Gasteiger partial charge < -0.3 is 10.1 Å². The summed E-state index contributed by atoms with van der Waals surface area (Å²) >= 11 is 0. The van der Waals surface area contributed by atoms with E-state index in [9.17, 15) is 0 Å². The van der Waals surface area contributed by atoms with Gasteiger partial charge in [0.2, 0.25) is 0 Å². The predicted molar refractivity (Wildman–Crippen MR) is 73.8 cm³/mol. The van der Waals surface area contributed by atoms with E-state index in [4.69, 9.17) is 4.74 Å². The van der Waals surface area contributed by atoms with Crippen LogP contribution in [0.4, 0.5) is 0 Å². The van der Waals surface area contributed by atoms with Crippen LogP contribution in [0.25, 0.3) is 0 Å². The maximum absolute atomic E-state index is 5.30. The number of hydrogen-bond donors (Lipinski definition) is 1. The molecular weight excluding hydrogens is 222 g/mol. The molecule has 2 nitrogen and oxygen atoms in total. The van der Waals surface area contributed by atoms with Crippen molar-refractivity contribution in [2.45, 2.75) is 44.7 Å². The van der Waals surface area contributed by atoms with Gasteiger partial charge in [-0.15, -0.1) is 0 Å². The van der Waals surface area contributed by atoms with Crippen molar-refractivity contribution in [3.05, 3.63) is 29.8 Å². The molecule has 98 valence electrons. The molecule has 0 radical (unpaired) electrons. The van der Waals surface area contributed by atoms with Gasteiger partial charge in [0.25, 0.3) is 0 Å². The van der Waals surface area contributed by atoms with Crippen LogP contribution in [0.15, 0.2) is 24.3 Å². The molecule has 0 saturated heterocycles. The van der Waals surface area contributed by atoms with Crippen molar-refractivity contribution >= 4 is 0 Å². The minimum atomic E-state index is 0.422. The molecule has 2 heteroatoms. The van der Waals surface area contributed by atoms with Gasteiger partial charge in [-0.2, -0.15) is 0 Å². The molecule has 2 aliphatic rings. The van der Waals surface area contributed by atoms with Crippen LogP contribution in [0.3, 0.4) is 0 Å². The Hall–Kier alpha value is -1.02. The van der Waals surface area contributed by atoms with Gasteiger partial charge in [0, 0.05) is 12.1 Å². The van der Waals surface area contributed by atoms with Gasteiger partial charge in [-0.05, 0) is 62.1 Å². The lowest BCUT2D eigenvalue weighted by atomic mass is 10.0. The SMILES string of the molecule is COc1cccc(C(C)NC(C2CC2)C2CC2)c1. The van der Waals surface area contributed by atoms with Crippen molar-refractivity contribution in [2.24, 2.45) is 11.8 Å². The van der Waals surface area contributed by atoms with Crippen LogP contribution in [-0.2, 0) is 0 Å². The maximum Gasteiger partial charge on any atom is 0.119 e. The van der Waals surface area contributed by atoms with Crippen molar-refractivity contribution in [1.29, 1.82) is 0 Å². The summed E-state index contributed by atoms with van der Waals surface area (Å²) in [5.41, 5.74) is 1.33. The molecule has 0 spiro atoms. The molecule has 2 saturated carbocycles. The molecule has 18 heavy (non-hydrogen) atoms. The maximum atomic E-state index is 5.30. The Kier molecular flexibility index (Phi) is 3.29. The highest BCUT2D eigenvalue weighted by molar-refractivity contribution is 5.30. The third-order valence-corrected chi connectivity index (χ3v) is 4.30. The summed E-state index contributed by atoms with van der Waals surface area (Å²) in [6.45, 7) is 2.27. The lowest BCUT2D eigenvalue weighted by Crippen LogP contribution is -2.35. The second kappa shape index (κ2) is 4.93. The molecule has 0 aliphatic heterocycles. The highest BCUT2D eigenvalue weighted by atomic mass is 16.5. The van der Waals surface area contributed by atoms with Crippen molar-refractivity contribution in [1.82, 2.24) is 5.32 Å². The molecular formula is C16H23NO. The van der Waals surface area contributed by atoms with E-state index in [2.05, 4.69) is 30.4 Å². The summed E-state index contributed by atoms with van der Waals surface area (Å²) in [5.74, 6) is 2.85. The minimum absolute atomic E-state index is 0.422. The van der Waals surface area contributed by atoms with E-state index >= 15 is 0 Å². The fourth-order valence-corrected chi connectivity index (χ4v) is 2.86. The molecule has 1 unspecified atom stereocenters. The summed E-state index contributed by atoms with van der Waals surface area (Å²) in [6, 6.07) is 9.61. The largest absolute Gasteiger partial charge is 0.497 e. The zero-order chi connectivity index (χ0) is 12.5. The van der Waals surface area contributed by atoms with Crippen LogP contribution in [0.2, 0.25) is 0 Å². The van der Waals surface area contributed by atoms with E-state index in [0.717, 1.165) is 23.6 Å². The Morgan fingerprint density at radius 3 is 2.39 bits per heavy atom. The molecule has 2 fully saturated rings. The van der Waals surface area contributed by atoms with Crippen LogP contribution >= 0.6 is 0 Å². The zero-order valence-electron chi connectivity index (χ0n) is 11.4. The standard InChI is InChI=1S/C16H23NO/c1-11(14-4-3-5-15(10-14)18-2)17-16(12-6-7-12)13-8-9-13/h3-5,10-13,16-17H,6-9H2,1-2H3. The summed E-state index contributed by atoms with van der Waals surface area (Å²) in [6.07, 6.45) is 5.72. The summed E-state index contributed by atoms with van der Waals surface area (Å²) < 4.78 is 5.30. The van der Waals surface area contributed by atoms with Crippen molar-refractivity contribution in [2.75, 3.05) is 7.11 Å². The smallest absolute Gasteiger partial charge is 0.119 e. The average Bonchev–Trinajstić information content (AvgIpc) is 3.29. The highest BCUT2D eigenvalue weighted by Crippen LogP contribution is 2.45. The van der Waals surface area contributed by atoms with Gasteiger partial charge in [0.15, 0.2) is 0 Å². The zero-order valence-corrected chi connectivity index (χ0v) is 11.4. The topological polar surface area (TPSA) is 21.3 Å². The fourth-order valence-electron chi connectivity index (χ4n) is 2.86. The van der Waals surface area contributed by atoms with E-state index in [1.165, 1.54) is 31.2 Å². The summed E-state index contributed by atoms with van der Waals surface area (Å²) in [7, 11) is 1.73. The third kappa shape index (κ3) is 2.69. The van der Waals surface area contributed by atoms with Crippen LogP contribution in [0.1, 0.15) is 44.2 Å². The van der Waals surface area contributed by atoms with E-state index in [0.29, 0.717) is 6.04 Å². The lowest BCUT2D eigenvalue weighted by molar-refractivity contribution is 0.375. The first-order valence-electron chi connectivity index (χ1n) is 7.18. The van der Waals surface area contributed by atoms with Gasteiger partial charge >= 0.3 is 0 Å². The van der Waals surface area contributed by atoms with E-state index in [1.807, 2.05) is 6.07 Å². The monoisotopic (exact) mass is 245 g/mol. The normalized spacial score (nSPS) is 21.1. The molecule has 1 N–H and O–H groups in total. The predicted octanol–water partition coefficient (Wildman–Crippen LogP) is 3.53. The van der Waals surface area contributed by atoms with Crippen LogP contribution < -0.4 is 10.1 Å². The first-order valence-corrected chi connectivity index (χ1v) is 7.18. The van der Waals surface area contributed by atoms with Crippen molar-refractivity contribution in [3.8, 4) is 5.75 Å².